The van der Waals surface area contributed by atoms with E-state index in [1.54, 1.807) is 0 Å². The van der Waals surface area contributed by atoms with Crippen LogP contribution in [-0.2, 0) is 13.0 Å². The van der Waals surface area contributed by atoms with E-state index in [4.69, 9.17) is 11.6 Å². The first kappa shape index (κ1) is 11.7. The van der Waals surface area contributed by atoms with Gasteiger partial charge in [-0.1, -0.05) is 17.7 Å². The quantitative estimate of drug-likeness (QED) is 0.911. The number of benzene rings is 1. The minimum Gasteiger partial charge on any atom is -0.306 e. The molecule has 18 heavy (non-hydrogen) atoms. The molecule has 1 unspecified atom stereocenters. The molecular weight excluding hydrogens is 244 g/mol. The summed E-state index contributed by atoms with van der Waals surface area (Å²) in [5, 5.41) is 4.44. The van der Waals surface area contributed by atoms with E-state index in [0.29, 0.717) is 6.04 Å². The molecule has 1 heterocycles. The van der Waals surface area contributed by atoms with Crippen molar-refractivity contribution in [3.63, 3.8) is 0 Å². The number of aromatic nitrogens is 1. The van der Waals surface area contributed by atoms with Crippen molar-refractivity contribution in [3.8, 4) is 0 Å². The molecule has 0 radical (unpaired) electrons. The summed E-state index contributed by atoms with van der Waals surface area (Å²) < 4.78 is 0. The molecule has 0 saturated heterocycles. The first-order chi connectivity index (χ1) is 8.83. The number of halogens is 1. The lowest BCUT2D eigenvalue weighted by Gasteiger charge is -2.14. The molecule has 1 atom stereocenters. The maximum absolute atomic E-state index is 6.02. The van der Waals surface area contributed by atoms with Gasteiger partial charge in [-0.05, 0) is 53.8 Å². The fraction of sp³-hybridized carbons (Fsp3) is 0.267. The molecule has 1 aliphatic carbocycles. The van der Waals surface area contributed by atoms with E-state index in [0.717, 1.165) is 24.4 Å². The molecule has 2 nitrogen and oxygen atoms in total. The van der Waals surface area contributed by atoms with Crippen molar-refractivity contribution in [1.29, 1.82) is 0 Å². The zero-order valence-electron chi connectivity index (χ0n) is 10.1. The van der Waals surface area contributed by atoms with E-state index in [1.165, 1.54) is 16.7 Å². The molecule has 1 aromatic heterocycles. The van der Waals surface area contributed by atoms with Crippen LogP contribution in [0.4, 0.5) is 0 Å². The van der Waals surface area contributed by atoms with Crippen LogP contribution < -0.4 is 5.32 Å². The molecule has 92 valence electrons. The number of hydrogen-bond donors (Lipinski definition) is 1. The third-order valence-corrected chi connectivity index (χ3v) is 3.72. The Labute approximate surface area is 112 Å². The number of rotatable bonds is 3. The van der Waals surface area contributed by atoms with E-state index in [-0.39, 0.29) is 0 Å². The van der Waals surface area contributed by atoms with E-state index in [2.05, 4.69) is 22.4 Å². The van der Waals surface area contributed by atoms with Crippen molar-refractivity contribution in [1.82, 2.24) is 10.3 Å². The molecule has 0 aliphatic heterocycles. The zero-order valence-corrected chi connectivity index (χ0v) is 10.8. The Morgan fingerprint density at radius 1 is 1.22 bits per heavy atom. The Hall–Kier alpha value is -1.38. The highest BCUT2D eigenvalue weighted by Gasteiger charge is 2.21. The third kappa shape index (κ3) is 2.40. The summed E-state index contributed by atoms with van der Waals surface area (Å²) in [6.45, 7) is 0.884. The highest BCUT2D eigenvalue weighted by Crippen LogP contribution is 2.32. The standard InChI is InChI=1S/C15H15ClN2/c16-13-2-3-14-12(9-13)1-4-15(14)18-10-11-5-7-17-8-6-11/h2-3,5-9,15,18H,1,4,10H2. The maximum atomic E-state index is 6.02. The van der Waals surface area contributed by atoms with Crippen molar-refractivity contribution in [2.45, 2.75) is 25.4 Å². The Morgan fingerprint density at radius 2 is 2.06 bits per heavy atom. The smallest absolute Gasteiger partial charge is 0.0408 e. The summed E-state index contributed by atoms with van der Waals surface area (Å²) in [4.78, 5) is 4.03. The average molecular weight is 259 g/mol. The molecular formula is C15H15ClN2. The topological polar surface area (TPSA) is 24.9 Å². The number of nitrogens with zero attached hydrogens (tertiary/aromatic N) is 1. The lowest BCUT2D eigenvalue weighted by atomic mass is 10.1. The van der Waals surface area contributed by atoms with Crippen molar-refractivity contribution in [2.24, 2.45) is 0 Å². The molecule has 1 aliphatic rings. The lowest BCUT2D eigenvalue weighted by molar-refractivity contribution is 0.530. The molecule has 1 N–H and O–H groups in total. The molecule has 0 fully saturated rings. The van der Waals surface area contributed by atoms with Gasteiger partial charge in [0.2, 0.25) is 0 Å². The highest BCUT2D eigenvalue weighted by atomic mass is 35.5. The molecule has 0 bridgehead atoms. The van der Waals surface area contributed by atoms with Crippen LogP contribution in [0.3, 0.4) is 0 Å². The van der Waals surface area contributed by atoms with E-state index >= 15 is 0 Å². The number of aryl methyl sites for hydroxylation is 1. The van der Waals surface area contributed by atoms with Crippen molar-refractivity contribution in [2.75, 3.05) is 0 Å². The van der Waals surface area contributed by atoms with Gasteiger partial charge in [0, 0.05) is 30.0 Å². The molecule has 1 aromatic carbocycles. The van der Waals surface area contributed by atoms with E-state index < -0.39 is 0 Å². The molecule has 2 aromatic rings. The number of pyridine rings is 1. The maximum Gasteiger partial charge on any atom is 0.0408 e. The zero-order chi connectivity index (χ0) is 12.4. The summed E-state index contributed by atoms with van der Waals surface area (Å²) >= 11 is 6.02. The number of hydrogen-bond acceptors (Lipinski definition) is 2. The van der Waals surface area contributed by atoms with E-state index in [1.807, 2.05) is 30.6 Å². The lowest BCUT2D eigenvalue weighted by Crippen LogP contribution is -2.18. The largest absolute Gasteiger partial charge is 0.306 e. The minimum atomic E-state index is 0.449. The van der Waals surface area contributed by atoms with Gasteiger partial charge in [0.15, 0.2) is 0 Å². The van der Waals surface area contributed by atoms with Crippen LogP contribution >= 0.6 is 11.6 Å². The summed E-state index contributed by atoms with van der Waals surface area (Å²) in [6, 6.07) is 10.8. The van der Waals surface area contributed by atoms with Gasteiger partial charge in [-0.25, -0.2) is 0 Å². The van der Waals surface area contributed by atoms with Gasteiger partial charge >= 0.3 is 0 Å². The normalized spacial score (nSPS) is 17.7. The van der Waals surface area contributed by atoms with Crippen LogP contribution in [0.5, 0.6) is 0 Å². The van der Waals surface area contributed by atoms with Gasteiger partial charge in [0.25, 0.3) is 0 Å². The fourth-order valence-corrected chi connectivity index (χ4v) is 2.73. The predicted molar refractivity (Wildman–Crippen MR) is 73.6 cm³/mol. The van der Waals surface area contributed by atoms with E-state index in [9.17, 15) is 0 Å². The summed E-state index contributed by atoms with van der Waals surface area (Å²) in [5.41, 5.74) is 4.05. The summed E-state index contributed by atoms with van der Waals surface area (Å²) in [5.74, 6) is 0. The Bertz CT molecular complexity index is 539. The first-order valence-electron chi connectivity index (χ1n) is 6.23. The molecule has 0 spiro atoms. The van der Waals surface area contributed by atoms with Gasteiger partial charge < -0.3 is 5.32 Å². The SMILES string of the molecule is Clc1ccc2c(c1)CCC2NCc1ccncc1. The Kier molecular flexibility index (Phi) is 3.31. The fourth-order valence-electron chi connectivity index (χ4n) is 2.54. The molecule has 3 heteroatoms. The number of fused-ring (bicyclic) bond motifs is 1. The number of nitrogens with one attached hydrogen (secondary N) is 1. The monoisotopic (exact) mass is 258 g/mol. The highest BCUT2D eigenvalue weighted by molar-refractivity contribution is 6.30. The third-order valence-electron chi connectivity index (χ3n) is 3.48. The van der Waals surface area contributed by atoms with Gasteiger partial charge in [0.05, 0.1) is 0 Å². The van der Waals surface area contributed by atoms with Crippen molar-refractivity contribution < 1.29 is 0 Å². The van der Waals surface area contributed by atoms with Gasteiger partial charge in [-0.2, -0.15) is 0 Å². The van der Waals surface area contributed by atoms with Gasteiger partial charge in [0.1, 0.15) is 0 Å². The minimum absolute atomic E-state index is 0.449. The van der Waals surface area contributed by atoms with Crippen LogP contribution in [0.25, 0.3) is 0 Å². The van der Waals surface area contributed by atoms with Crippen molar-refractivity contribution >= 4 is 11.6 Å². The summed E-state index contributed by atoms with van der Waals surface area (Å²) in [7, 11) is 0. The predicted octanol–water partition coefficient (Wildman–Crippen LogP) is 3.51. The van der Waals surface area contributed by atoms with Crippen LogP contribution in [0, 0.1) is 0 Å². The second kappa shape index (κ2) is 5.09. The van der Waals surface area contributed by atoms with Gasteiger partial charge in [-0.3, -0.25) is 4.98 Å². The Morgan fingerprint density at radius 3 is 2.89 bits per heavy atom. The van der Waals surface area contributed by atoms with Crippen LogP contribution in [-0.4, -0.2) is 4.98 Å². The van der Waals surface area contributed by atoms with Crippen LogP contribution in [0.1, 0.15) is 29.2 Å². The average Bonchev–Trinajstić information content (AvgIpc) is 2.80. The Balaban J connectivity index is 1.70. The van der Waals surface area contributed by atoms with Crippen molar-refractivity contribution in [3.05, 3.63) is 64.4 Å². The molecule has 0 saturated carbocycles. The van der Waals surface area contributed by atoms with Gasteiger partial charge in [-0.15, -0.1) is 0 Å². The molecule has 0 amide bonds. The second-order valence-corrected chi connectivity index (χ2v) is 5.11. The van der Waals surface area contributed by atoms with Crippen LogP contribution in [0.2, 0.25) is 5.02 Å². The van der Waals surface area contributed by atoms with Crippen LogP contribution in [0.15, 0.2) is 42.7 Å². The second-order valence-electron chi connectivity index (χ2n) is 4.67. The molecule has 3 rings (SSSR count). The first-order valence-corrected chi connectivity index (χ1v) is 6.61. The summed E-state index contributed by atoms with van der Waals surface area (Å²) in [6.07, 6.45) is 5.93.